The first-order valence-corrected chi connectivity index (χ1v) is 8.24. The minimum atomic E-state index is -3.43. The van der Waals surface area contributed by atoms with E-state index in [1.165, 1.54) is 0 Å². The van der Waals surface area contributed by atoms with E-state index in [9.17, 15) is 8.42 Å². The third-order valence-electron chi connectivity index (χ3n) is 3.76. The molecule has 0 saturated carbocycles. The van der Waals surface area contributed by atoms with Crippen molar-refractivity contribution in [3.05, 3.63) is 23.8 Å². The number of methoxy groups -OCH3 is 1. The van der Waals surface area contributed by atoms with Crippen molar-refractivity contribution in [3.63, 3.8) is 0 Å². The summed E-state index contributed by atoms with van der Waals surface area (Å²) in [5.41, 5.74) is 7.15. The molecule has 0 spiro atoms. The molecule has 0 aliphatic carbocycles. The van der Waals surface area contributed by atoms with Crippen LogP contribution in [0.2, 0.25) is 0 Å². The highest BCUT2D eigenvalue weighted by atomic mass is 32.2. The van der Waals surface area contributed by atoms with Crippen molar-refractivity contribution in [2.24, 2.45) is 5.92 Å². The van der Waals surface area contributed by atoms with Gasteiger partial charge in [-0.1, -0.05) is 0 Å². The number of piperidine rings is 1. The molecule has 1 aliphatic heterocycles. The molecular formula is C14H22N2O3S. The van der Waals surface area contributed by atoms with Gasteiger partial charge in [0.2, 0.25) is 10.0 Å². The predicted molar refractivity (Wildman–Crippen MR) is 79.0 cm³/mol. The van der Waals surface area contributed by atoms with Gasteiger partial charge in [-0.05, 0) is 49.4 Å². The molecule has 5 nitrogen and oxygen atoms in total. The Balaban J connectivity index is 2.23. The maximum atomic E-state index is 12.6. The van der Waals surface area contributed by atoms with Crippen LogP contribution in [0, 0.1) is 12.8 Å². The molecule has 1 aromatic carbocycles. The van der Waals surface area contributed by atoms with Crippen LogP contribution in [-0.4, -0.2) is 39.5 Å². The summed E-state index contributed by atoms with van der Waals surface area (Å²) in [7, 11) is -1.78. The summed E-state index contributed by atoms with van der Waals surface area (Å²) in [6.45, 7) is 3.52. The fourth-order valence-corrected chi connectivity index (χ4v) is 4.22. The number of aryl methyl sites for hydroxylation is 1. The number of nitrogens with two attached hydrogens (primary N) is 1. The first-order valence-electron chi connectivity index (χ1n) is 6.80. The van der Waals surface area contributed by atoms with Crippen LogP contribution in [0.1, 0.15) is 18.4 Å². The predicted octanol–water partition coefficient (Wildman–Crippen LogP) is 1.62. The number of sulfonamides is 1. The first kappa shape index (κ1) is 15.3. The Morgan fingerprint density at radius 1 is 1.45 bits per heavy atom. The van der Waals surface area contributed by atoms with Crippen LogP contribution in [0.5, 0.6) is 0 Å². The highest BCUT2D eigenvalue weighted by Crippen LogP contribution is 2.25. The van der Waals surface area contributed by atoms with Crippen molar-refractivity contribution in [1.29, 1.82) is 0 Å². The molecule has 1 atom stereocenters. The lowest BCUT2D eigenvalue weighted by atomic mass is 10.0. The Hall–Kier alpha value is -1.11. The molecule has 1 unspecified atom stereocenters. The summed E-state index contributed by atoms with van der Waals surface area (Å²) >= 11 is 0. The number of anilines is 1. The molecule has 1 fully saturated rings. The monoisotopic (exact) mass is 298 g/mol. The third-order valence-corrected chi connectivity index (χ3v) is 5.62. The molecule has 2 N–H and O–H groups in total. The van der Waals surface area contributed by atoms with Gasteiger partial charge >= 0.3 is 0 Å². The van der Waals surface area contributed by atoms with Gasteiger partial charge in [0.15, 0.2) is 0 Å². The van der Waals surface area contributed by atoms with Crippen LogP contribution in [0.25, 0.3) is 0 Å². The lowest BCUT2D eigenvalue weighted by molar-refractivity contribution is 0.118. The van der Waals surface area contributed by atoms with E-state index in [1.54, 1.807) is 29.6 Å². The second-order valence-electron chi connectivity index (χ2n) is 5.35. The van der Waals surface area contributed by atoms with Gasteiger partial charge in [-0.25, -0.2) is 8.42 Å². The second-order valence-corrected chi connectivity index (χ2v) is 7.28. The number of nitrogen functional groups attached to an aromatic ring is 1. The summed E-state index contributed by atoms with van der Waals surface area (Å²) < 4.78 is 32.0. The van der Waals surface area contributed by atoms with Crippen molar-refractivity contribution in [1.82, 2.24) is 4.31 Å². The molecule has 2 rings (SSSR count). The van der Waals surface area contributed by atoms with E-state index < -0.39 is 10.0 Å². The molecule has 1 heterocycles. The maximum absolute atomic E-state index is 12.6. The van der Waals surface area contributed by atoms with Crippen LogP contribution >= 0.6 is 0 Å². The largest absolute Gasteiger partial charge is 0.399 e. The molecule has 20 heavy (non-hydrogen) atoms. The Kier molecular flexibility index (Phi) is 4.67. The average Bonchev–Trinajstić information content (AvgIpc) is 2.42. The molecule has 6 heteroatoms. The molecule has 1 aliphatic rings. The Bertz CT molecular complexity index is 570. The fourth-order valence-electron chi connectivity index (χ4n) is 2.57. The van der Waals surface area contributed by atoms with Gasteiger partial charge in [-0.15, -0.1) is 0 Å². The zero-order valence-corrected chi connectivity index (χ0v) is 12.8. The molecule has 1 saturated heterocycles. The summed E-state index contributed by atoms with van der Waals surface area (Å²) in [5, 5.41) is 0. The molecule has 0 aromatic heterocycles. The third kappa shape index (κ3) is 3.13. The van der Waals surface area contributed by atoms with Crippen molar-refractivity contribution < 1.29 is 13.2 Å². The van der Waals surface area contributed by atoms with E-state index in [-0.39, 0.29) is 5.92 Å². The maximum Gasteiger partial charge on any atom is 0.243 e. The average molecular weight is 298 g/mol. The SMILES string of the molecule is COCC1CCCN(S(=O)(=O)c2ccc(N)c(C)c2)C1. The molecule has 0 bridgehead atoms. The van der Waals surface area contributed by atoms with Gasteiger partial charge in [0.1, 0.15) is 0 Å². The van der Waals surface area contributed by atoms with Crippen LogP contribution < -0.4 is 5.73 Å². The molecule has 112 valence electrons. The van der Waals surface area contributed by atoms with Gasteiger partial charge in [0.25, 0.3) is 0 Å². The lowest BCUT2D eigenvalue weighted by Gasteiger charge is -2.31. The topological polar surface area (TPSA) is 72.6 Å². The molecule has 0 radical (unpaired) electrons. The number of rotatable bonds is 4. The zero-order valence-electron chi connectivity index (χ0n) is 12.0. The number of hydrogen-bond acceptors (Lipinski definition) is 4. The van der Waals surface area contributed by atoms with Gasteiger partial charge in [0.05, 0.1) is 11.5 Å². The summed E-state index contributed by atoms with van der Waals surface area (Å²) in [6.07, 6.45) is 1.89. The zero-order chi connectivity index (χ0) is 14.8. The Morgan fingerprint density at radius 2 is 2.20 bits per heavy atom. The summed E-state index contributed by atoms with van der Waals surface area (Å²) in [5.74, 6) is 0.276. The quantitative estimate of drug-likeness (QED) is 0.857. The van der Waals surface area contributed by atoms with E-state index in [0.717, 1.165) is 18.4 Å². The Morgan fingerprint density at radius 3 is 2.85 bits per heavy atom. The van der Waals surface area contributed by atoms with E-state index in [1.807, 2.05) is 6.92 Å². The van der Waals surface area contributed by atoms with E-state index in [2.05, 4.69) is 0 Å². The highest BCUT2D eigenvalue weighted by molar-refractivity contribution is 7.89. The number of nitrogens with zero attached hydrogens (tertiary/aromatic N) is 1. The summed E-state index contributed by atoms with van der Waals surface area (Å²) in [6, 6.07) is 4.88. The van der Waals surface area contributed by atoms with Gasteiger partial charge in [-0.3, -0.25) is 0 Å². The molecule has 0 amide bonds. The van der Waals surface area contributed by atoms with E-state index >= 15 is 0 Å². The lowest BCUT2D eigenvalue weighted by Crippen LogP contribution is -2.41. The highest BCUT2D eigenvalue weighted by Gasteiger charge is 2.30. The van der Waals surface area contributed by atoms with Crippen molar-refractivity contribution in [3.8, 4) is 0 Å². The van der Waals surface area contributed by atoms with E-state index in [0.29, 0.717) is 30.3 Å². The number of hydrogen-bond donors (Lipinski definition) is 1. The number of benzene rings is 1. The standard InChI is InChI=1S/C14H22N2O3S/c1-11-8-13(5-6-14(11)15)20(17,18)16-7-3-4-12(9-16)10-19-2/h5-6,8,12H,3-4,7,9-10,15H2,1-2H3. The van der Waals surface area contributed by atoms with E-state index in [4.69, 9.17) is 10.5 Å². The van der Waals surface area contributed by atoms with Crippen molar-refractivity contribution >= 4 is 15.7 Å². The first-order chi connectivity index (χ1) is 9.45. The van der Waals surface area contributed by atoms with Gasteiger partial charge < -0.3 is 10.5 Å². The van der Waals surface area contributed by atoms with Crippen LogP contribution in [0.15, 0.2) is 23.1 Å². The smallest absolute Gasteiger partial charge is 0.243 e. The summed E-state index contributed by atoms with van der Waals surface area (Å²) in [4.78, 5) is 0.322. The van der Waals surface area contributed by atoms with Gasteiger partial charge in [-0.2, -0.15) is 4.31 Å². The van der Waals surface area contributed by atoms with Gasteiger partial charge in [0, 0.05) is 25.9 Å². The van der Waals surface area contributed by atoms with Crippen molar-refractivity contribution in [2.45, 2.75) is 24.7 Å². The number of ether oxygens (including phenoxy) is 1. The van der Waals surface area contributed by atoms with Crippen LogP contribution in [-0.2, 0) is 14.8 Å². The molecule has 1 aromatic rings. The fraction of sp³-hybridized carbons (Fsp3) is 0.571. The minimum absolute atomic E-state index is 0.276. The Labute approximate surface area is 120 Å². The molecular weight excluding hydrogens is 276 g/mol. The minimum Gasteiger partial charge on any atom is -0.399 e. The normalized spacial score (nSPS) is 21.0. The van der Waals surface area contributed by atoms with Crippen molar-refractivity contribution in [2.75, 3.05) is 32.5 Å². The van der Waals surface area contributed by atoms with Crippen LogP contribution in [0.4, 0.5) is 5.69 Å². The van der Waals surface area contributed by atoms with Crippen LogP contribution in [0.3, 0.4) is 0 Å². The second kappa shape index (κ2) is 6.11.